The number of aliphatic carboxylic acids is 1. The molecule has 6 heteroatoms. The minimum atomic E-state index is -0.862. The smallest absolute Gasteiger partial charge is 0.312 e. The Morgan fingerprint density at radius 1 is 1.24 bits per heavy atom. The van der Waals surface area contributed by atoms with Crippen LogP contribution < -0.4 is 5.32 Å². The highest BCUT2D eigenvalue weighted by molar-refractivity contribution is 5.76. The highest BCUT2D eigenvalue weighted by Crippen LogP contribution is 2.17. The molecule has 0 aliphatic heterocycles. The quantitative estimate of drug-likeness (QED) is 0.748. The molecule has 2 heterocycles. The van der Waals surface area contributed by atoms with Gasteiger partial charge in [-0.1, -0.05) is 30.3 Å². The molecule has 0 amide bonds. The Morgan fingerprint density at radius 2 is 2.05 bits per heavy atom. The summed E-state index contributed by atoms with van der Waals surface area (Å²) in [6.45, 7) is 0.274. The van der Waals surface area contributed by atoms with Crippen LogP contribution in [0, 0.1) is 0 Å². The topological polar surface area (TPSA) is 79.5 Å². The van der Waals surface area contributed by atoms with Gasteiger partial charge >= 0.3 is 5.97 Å². The molecule has 0 spiro atoms. The molecular formula is C15H14N4O2. The molecule has 0 aliphatic rings. The van der Waals surface area contributed by atoms with Crippen LogP contribution in [-0.4, -0.2) is 32.2 Å². The van der Waals surface area contributed by atoms with Crippen molar-refractivity contribution in [3.05, 3.63) is 60.4 Å². The molecule has 0 saturated carbocycles. The summed E-state index contributed by atoms with van der Waals surface area (Å²) in [6, 6.07) is 12.7. The summed E-state index contributed by atoms with van der Waals surface area (Å²) in [5.74, 6) is -0.849. The van der Waals surface area contributed by atoms with Crippen molar-refractivity contribution in [2.24, 2.45) is 0 Å². The summed E-state index contributed by atoms with van der Waals surface area (Å²) in [7, 11) is 0. The first kappa shape index (κ1) is 13.1. The van der Waals surface area contributed by atoms with Gasteiger partial charge < -0.3 is 10.4 Å². The van der Waals surface area contributed by atoms with E-state index < -0.39 is 11.9 Å². The number of anilines is 1. The van der Waals surface area contributed by atoms with E-state index in [-0.39, 0.29) is 6.54 Å². The Hall–Kier alpha value is -2.89. The van der Waals surface area contributed by atoms with E-state index in [2.05, 4.69) is 15.4 Å². The van der Waals surface area contributed by atoms with Gasteiger partial charge in [-0.2, -0.15) is 5.10 Å². The zero-order chi connectivity index (χ0) is 14.7. The molecule has 0 saturated heterocycles. The number of hydrogen-bond acceptors (Lipinski definition) is 4. The summed E-state index contributed by atoms with van der Waals surface area (Å²) >= 11 is 0. The van der Waals surface area contributed by atoms with Gasteiger partial charge in [0, 0.05) is 18.8 Å². The van der Waals surface area contributed by atoms with Crippen molar-refractivity contribution in [3.8, 4) is 0 Å². The van der Waals surface area contributed by atoms with Crippen molar-refractivity contribution < 1.29 is 9.90 Å². The molecular weight excluding hydrogens is 268 g/mol. The van der Waals surface area contributed by atoms with Crippen LogP contribution in [0.4, 0.5) is 5.82 Å². The Labute approximate surface area is 121 Å². The van der Waals surface area contributed by atoms with Gasteiger partial charge in [0.2, 0.25) is 0 Å². The van der Waals surface area contributed by atoms with Gasteiger partial charge in [-0.25, -0.2) is 9.50 Å². The van der Waals surface area contributed by atoms with Crippen LogP contribution in [0.1, 0.15) is 11.5 Å². The maximum Gasteiger partial charge on any atom is 0.312 e. The van der Waals surface area contributed by atoms with E-state index >= 15 is 0 Å². The fourth-order valence-corrected chi connectivity index (χ4v) is 2.15. The minimum absolute atomic E-state index is 0.274. The van der Waals surface area contributed by atoms with Gasteiger partial charge in [-0.05, 0) is 11.6 Å². The molecule has 0 aliphatic carbocycles. The summed E-state index contributed by atoms with van der Waals surface area (Å²) in [4.78, 5) is 15.8. The number of benzene rings is 1. The fraction of sp³-hybridized carbons (Fsp3) is 0.133. The number of nitrogens with one attached hydrogen (secondary N) is 1. The largest absolute Gasteiger partial charge is 0.481 e. The lowest BCUT2D eigenvalue weighted by Gasteiger charge is -2.14. The number of hydrogen-bond donors (Lipinski definition) is 2. The van der Waals surface area contributed by atoms with Crippen LogP contribution in [0.25, 0.3) is 5.65 Å². The Morgan fingerprint density at radius 3 is 2.81 bits per heavy atom. The highest BCUT2D eigenvalue weighted by atomic mass is 16.4. The number of fused-ring (bicyclic) bond motifs is 1. The van der Waals surface area contributed by atoms with E-state index in [4.69, 9.17) is 0 Å². The van der Waals surface area contributed by atoms with E-state index in [0.29, 0.717) is 11.5 Å². The SMILES string of the molecule is O=C(O)C(CNc1ccn2nccc2n1)c1ccccc1. The van der Waals surface area contributed by atoms with Crippen molar-refractivity contribution in [3.63, 3.8) is 0 Å². The second kappa shape index (κ2) is 5.62. The summed E-state index contributed by atoms with van der Waals surface area (Å²) in [5.41, 5.74) is 1.48. The third kappa shape index (κ3) is 2.84. The van der Waals surface area contributed by atoms with E-state index in [9.17, 15) is 9.90 Å². The molecule has 3 rings (SSSR count). The predicted octanol–water partition coefficient (Wildman–Crippen LogP) is 2.01. The van der Waals surface area contributed by atoms with E-state index in [1.54, 1.807) is 29.0 Å². The average Bonchev–Trinajstić information content (AvgIpc) is 2.96. The highest BCUT2D eigenvalue weighted by Gasteiger charge is 2.19. The molecule has 2 N–H and O–H groups in total. The molecule has 0 fully saturated rings. The number of carboxylic acid groups (broad SMARTS) is 1. The first-order valence-corrected chi connectivity index (χ1v) is 6.56. The van der Waals surface area contributed by atoms with Gasteiger partial charge in [0.25, 0.3) is 0 Å². The van der Waals surface area contributed by atoms with Crippen LogP contribution in [0.15, 0.2) is 54.9 Å². The first-order chi connectivity index (χ1) is 10.2. The molecule has 2 aromatic heterocycles. The summed E-state index contributed by atoms with van der Waals surface area (Å²) < 4.78 is 1.65. The molecule has 106 valence electrons. The van der Waals surface area contributed by atoms with Crippen molar-refractivity contribution in [2.45, 2.75) is 5.92 Å². The van der Waals surface area contributed by atoms with Crippen molar-refractivity contribution in [1.29, 1.82) is 0 Å². The maximum absolute atomic E-state index is 11.4. The molecule has 0 bridgehead atoms. The lowest BCUT2D eigenvalue weighted by Crippen LogP contribution is -2.21. The van der Waals surface area contributed by atoms with Crippen LogP contribution >= 0.6 is 0 Å². The first-order valence-electron chi connectivity index (χ1n) is 6.56. The molecule has 21 heavy (non-hydrogen) atoms. The van der Waals surface area contributed by atoms with Gasteiger partial charge in [-0.15, -0.1) is 0 Å². The molecule has 6 nitrogen and oxygen atoms in total. The van der Waals surface area contributed by atoms with Crippen LogP contribution in [0.3, 0.4) is 0 Å². The lowest BCUT2D eigenvalue weighted by atomic mass is 9.99. The van der Waals surface area contributed by atoms with Gasteiger partial charge in [0.05, 0.1) is 12.1 Å². The van der Waals surface area contributed by atoms with Crippen molar-refractivity contribution in [1.82, 2.24) is 14.6 Å². The molecule has 1 aromatic carbocycles. The standard InChI is InChI=1S/C15H14N4O2/c20-15(21)12(11-4-2-1-3-5-11)10-16-13-7-9-19-14(18-13)6-8-17-19/h1-9,12H,10H2,(H,16,18)(H,20,21). The lowest BCUT2D eigenvalue weighted by molar-refractivity contribution is -0.138. The number of carbonyl (C=O) groups is 1. The molecule has 3 aromatic rings. The molecule has 0 radical (unpaired) electrons. The fourth-order valence-electron chi connectivity index (χ4n) is 2.15. The normalized spacial score (nSPS) is 12.2. The van der Waals surface area contributed by atoms with E-state index in [1.807, 2.05) is 30.3 Å². The second-order valence-corrected chi connectivity index (χ2v) is 4.63. The van der Waals surface area contributed by atoms with E-state index in [1.165, 1.54) is 0 Å². The zero-order valence-electron chi connectivity index (χ0n) is 11.2. The van der Waals surface area contributed by atoms with Gasteiger partial charge in [0.1, 0.15) is 5.82 Å². The van der Waals surface area contributed by atoms with Crippen molar-refractivity contribution >= 4 is 17.4 Å². The van der Waals surface area contributed by atoms with Crippen molar-refractivity contribution in [2.75, 3.05) is 11.9 Å². The monoisotopic (exact) mass is 282 g/mol. The minimum Gasteiger partial charge on any atom is -0.481 e. The van der Waals surface area contributed by atoms with Crippen LogP contribution in [0.5, 0.6) is 0 Å². The van der Waals surface area contributed by atoms with Gasteiger partial charge in [0.15, 0.2) is 5.65 Å². The Balaban J connectivity index is 1.76. The maximum atomic E-state index is 11.4. The predicted molar refractivity (Wildman–Crippen MR) is 78.3 cm³/mol. The van der Waals surface area contributed by atoms with Gasteiger partial charge in [-0.3, -0.25) is 4.79 Å². The number of carboxylic acids is 1. The summed E-state index contributed by atoms with van der Waals surface area (Å²) in [6.07, 6.45) is 3.44. The Kier molecular flexibility index (Phi) is 3.51. The molecule has 1 atom stereocenters. The summed E-state index contributed by atoms with van der Waals surface area (Å²) in [5, 5.41) is 16.5. The number of aromatic nitrogens is 3. The average molecular weight is 282 g/mol. The van der Waals surface area contributed by atoms with Crippen LogP contribution in [0.2, 0.25) is 0 Å². The van der Waals surface area contributed by atoms with Crippen LogP contribution in [-0.2, 0) is 4.79 Å². The number of rotatable bonds is 5. The van der Waals surface area contributed by atoms with E-state index in [0.717, 1.165) is 5.56 Å². The zero-order valence-corrected chi connectivity index (χ0v) is 11.2. The second-order valence-electron chi connectivity index (χ2n) is 4.63. The number of nitrogens with zero attached hydrogens (tertiary/aromatic N) is 3. The molecule has 1 unspecified atom stereocenters. The third-order valence-electron chi connectivity index (χ3n) is 3.25. The third-order valence-corrected chi connectivity index (χ3v) is 3.25. The Bertz CT molecular complexity index is 754.